The van der Waals surface area contributed by atoms with E-state index in [1.165, 1.54) is 44.2 Å². The molecule has 0 spiro atoms. The fourth-order valence-electron chi connectivity index (χ4n) is 8.93. The quantitative estimate of drug-likeness (QED) is 0.622. The Labute approximate surface area is 187 Å². The summed E-state index contributed by atoms with van der Waals surface area (Å²) in [6.45, 7) is 4.80. The van der Waals surface area contributed by atoms with Gasteiger partial charge in [-0.25, -0.2) is 4.39 Å². The minimum atomic E-state index is -0.212. The van der Waals surface area contributed by atoms with Gasteiger partial charge in [-0.3, -0.25) is 4.79 Å². The van der Waals surface area contributed by atoms with Gasteiger partial charge in [0, 0.05) is 12.3 Å². The molecule has 31 heavy (non-hydrogen) atoms. The second-order valence-corrected chi connectivity index (χ2v) is 12.0. The number of carbonyl (C=O) groups is 1. The Morgan fingerprint density at radius 3 is 2.39 bits per heavy atom. The molecule has 1 aromatic carbocycles. The van der Waals surface area contributed by atoms with Crippen LogP contribution >= 0.6 is 0 Å². The Hall–Kier alpha value is -1.22. The first-order valence-corrected chi connectivity index (χ1v) is 12.8. The largest absolute Gasteiger partial charge is 0.393 e. The van der Waals surface area contributed by atoms with Crippen LogP contribution in [0.25, 0.3) is 0 Å². The van der Waals surface area contributed by atoms with Gasteiger partial charge >= 0.3 is 0 Å². The van der Waals surface area contributed by atoms with E-state index in [1.807, 2.05) is 12.1 Å². The summed E-state index contributed by atoms with van der Waals surface area (Å²) in [5.41, 5.74) is 1.30. The van der Waals surface area contributed by atoms with E-state index in [9.17, 15) is 14.3 Å². The molecule has 170 valence electrons. The smallest absolute Gasteiger partial charge is 0.136 e. The molecular weight excluding hydrogens is 387 g/mol. The molecule has 4 saturated carbocycles. The highest BCUT2D eigenvalue weighted by atomic mass is 19.1. The molecule has 0 aliphatic heterocycles. The SMILES string of the molecule is CC1(C)C[C@@H](O)C[C@@H]2CC[C@@H]3[C@@H]4CC[C@H](C(=O)CCc5ccc(F)cc5)[C@H]4CC[C@@H]3[C@H]21. The van der Waals surface area contributed by atoms with Crippen LogP contribution < -0.4 is 0 Å². The van der Waals surface area contributed by atoms with Crippen molar-refractivity contribution in [2.24, 2.45) is 46.8 Å². The van der Waals surface area contributed by atoms with Crippen molar-refractivity contribution in [2.75, 3.05) is 0 Å². The Morgan fingerprint density at radius 1 is 0.968 bits per heavy atom. The highest BCUT2D eigenvalue weighted by molar-refractivity contribution is 5.82. The van der Waals surface area contributed by atoms with Crippen molar-refractivity contribution in [2.45, 2.75) is 84.2 Å². The lowest BCUT2D eigenvalue weighted by molar-refractivity contribution is -0.128. The van der Waals surface area contributed by atoms with Gasteiger partial charge in [0.1, 0.15) is 11.6 Å². The number of halogens is 1. The standard InChI is InChI=1S/C28H39FO2/c1-28(2)16-20(30)15-18-6-9-23-21-10-12-24(22(21)11-13-25(23)27(18)28)26(31)14-5-17-3-7-19(29)8-4-17/h3-4,7-8,18,20-25,27,30H,5-6,9-16H2,1-2H3/t18-,20-,21+,22-,23+,24-,25-,27-/m0/s1. The zero-order valence-electron chi connectivity index (χ0n) is 19.2. The summed E-state index contributed by atoms with van der Waals surface area (Å²) in [4.78, 5) is 13.2. The van der Waals surface area contributed by atoms with Crippen molar-refractivity contribution in [1.82, 2.24) is 0 Å². The van der Waals surface area contributed by atoms with Crippen LogP contribution in [0.5, 0.6) is 0 Å². The number of benzene rings is 1. The molecule has 0 aromatic heterocycles. The minimum absolute atomic E-state index is 0.112. The van der Waals surface area contributed by atoms with Crippen LogP contribution in [0.2, 0.25) is 0 Å². The van der Waals surface area contributed by atoms with Crippen molar-refractivity contribution in [3.05, 3.63) is 35.6 Å². The van der Waals surface area contributed by atoms with Crippen LogP contribution in [-0.2, 0) is 11.2 Å². The summed E-state index contributed by atoms with van der Waals surface area (Å²) in [5.74, 6) is 4.87. The number of Topliss-reactive ketones (excluding diaryl/α,β-unsaturated/α-hetero) is 1. The molecule has 0 saturated heterocycles. The summed E-state index contributed by atoms with van der Waals surface area (Å²) in [6, 6.07) is 6.61. The number of aryl methyl sites for hydroxylation is 1. The van der Waals surface area contributed by atoms with Gasteiger partial charge in [-0.2, -0.15) is 0 Å². The van der Waals surface area contributed by atoms with Crippen molar-refractivity contribution in [3.63, 3.8) is 0 Å². The lowest BCUT2D eigenvalue weighted by Gasteiger charge is -2.58. The second-order valence-electron chi connectivity index (χ2n) is 12.0. The van der Waals surface area contributed by atoms with Crippen molar-refractivity contribution < 1.29 is 14.3 Å². The van der Waals surface area contributed by atoms with Crippen LogP contribution in [0.1, 0.15) is 77.2 Å². The lowest BCUT2D eigenvalue weighted by atomic mass is 9.47. The molecule has 4 fully saturated rings. The predicted octanol–water partition coefficient (Wildman–Crippen LogP) is 6.20. The predicted molar refractivity (Wildman–Crippen MR) is 121 cm³/mol. The van der Waals surface area contributed by atoms with E-state index in [1.54, 1.807) is 0 Å². The van der Waals surface area contributed by atoms with Crippen LogP contribution in [0.4, 0.5) is 4.39 Å². The van der Waals surface area contributed by atoms with E-state index in [2.05, 4.69) is 13.8 Å². The van der Waals surface area contributed by atoms with Crippen molar-refractivity contribution >= 4 is 5.78 Å². The van der Waals surface area contributed by atoms with Gasteiger partial charge < -0.3 is 5.11 Å². The van der Waals surface area contributed by atoms with Gasteiger partial charge in [0.2, 0.25) is 0 Å². The fourth-order valence-corrected chi connectivity index (χ4v) is 8.93. The molecule has 4 aliphatic carbocycles. The zero-order valence-corrected chi connectivity index (χ0v) is 19.2. The first-order valence-electron chi connectivity index (χ1n) is 12.8. The molecule has 0 bridgehead atoms. The van der Waals surface area contributed by atoms with E-state index in [0.29, 0.717) is 24.0 Å². The number of carbonyl (C=O) groups excluding carboxylic acids is 1. The zero-order chi connectivity index (χ0) is 21.8. The molecule has 8 atom stereocenters. The molecule has 1 N–H and O–H groups in total. The van der Waals surface area contributed by atoms with Gasteiger partial charge in [0.05, 0.1) is 6.10 Å². The third-order valence-electron chi connectivity index (χ3n) is 9.88. The van der Waals surface area contributed by atoms with Gasteiger partial charge in [0.25, 0.3) is 0 Å². The summed E-state index contributed by atoms with van der Waals surface area (Å²) >= 11 is 0. The second kappa shape index (κ2) is 8.28. The molecule has 1 aromatic rings. The molecule has 4 aliphatic rings. The van der Waals surface area contributed by atoms with Crippen LogP contribution in [0.3, 0.4) is 0 Å². The molecule has 0 heterocycles. The number of aliphatic hydroxyl groups is 1. The van der Waals surface area contributed by atoms with E-state index in [0.717, 1.165) is 54.9 Å². The first kappa shape index (κ1) is 21.6. The highest BCUT2D eigenvalue weighted by Crippen LogP contribution is 2.62. The number of hydrogen-bond acceptors (Lipinski definition) is 2. The summed E-state index contributed by atoms with van der Waals surface area (Å²) in [5, 5.41) is 10.4. The Morgan fingerprint density at radius 2 is 1.61 bits per heavy atom. The Kier molecular flexibility index (Phi) is 5.78. The highest BCUT2D eigenvalue weighted by Gasteiger charge is 2.56. The summed E-state index contributed by atoms with van der Waals surface area (Å²) < 4.78 is 13.1. The number of hydrogen-bond donors (Lipinski definition) is 1. The number of rotatable bonds is 4. The average molecular weight is 427 g/mol. The third kappa shape index (κ3) is 4.01. The molecule has 5 rings (SSSR count). The van der Waals surface area contributed by atoms with E-state index in [-0.39, 0.29) is 23.3 Å². The molecular formula is C28H39FO2. The van der Waals surface area contributed by atoms with Gasteiger partial charge in [0.15, 0.2) is 0 Å². The van der Waals surface area contributed by atoms with Gasteiger partial charge in [-0.05, 0) is 116 Å². The molecule has 0 radical (unpaired) electrons. The van der Waals surface area contributed by atoms with E-state index >= 15 is 0 Å². The minimum Gasteiger partial charge on any atom is -0.393 e. The van der Waals surface area contributed by atoms with Crippen LogP contribution in [0, 0.1) is 52.7 Å². The number of fused-ring (bicyclic) bond motifs is 5. The molecule has 0 unspecified atom stereocenters. The molecule has 2 nitrogen and oxygen atoms in total. The van der Waals surface area contributed by atoms with Crippen LogP contribution in [-0.4, -0.2) is 17.0 Å². The Balaban J connectivity index is 1.25. The van der Waals surface area contributed by atoms with Gasteiger partial charge in [-0.15, -0.1) is 0 Å². The van der Waals surface area contributed by atoms with Crippen LogP contribution in [0.15, 0.2) is 24.3 Å². The van der Waals surface area contributed by atoms with Crippen molar-refractivity contribution in [1.29, 1.82) is 0 Å². The maximum absolute atomic E-state index is 13.2. The topological polar surface area (TPSA) is 37.3 Å². The van der Waals surface area contributed by atoms with E-state index in [4.69, 9.17) is 0 Å². The lowest BCUT2D eigenvalue weighted by Crippen LogP contribution is -2.52. The number of ketones is 1. The molecule has 0 amide bonds. The monoisotopic (exact) mass is 426 g/mol. The third-order valence-corrected chi connectivity index (χ3v) is 9.88. The maximum Gasteiger partial charge on any atom is 0.136 e. The van der Waals surface area contributed by atoms with Crippen molar-refractivity contribution in [3.8, 4) is 0 Å². The fraction of sp³-hybridized carbons (Fsp3) is 0.750. The normalized spacial score (nSPS) is 41.2. The summed E-state index contributed by atoms with van der Waals surface area (Å²) in [7, 11) is 0. The summed E-state index contributed by atoms with van der Waals surface area (Å²) in [6.07, 6.45) is 10.6. The molecule has 3 heteroatoms. The average Bonchev–Trinajstić information content (AvgIpc) is 3.16. The van der Waals surface area contributed by atoms with Gasteiger partial charge in [-0.1, -0.05) is 26.0 Å². The first-order chi connectivity index (χ1) is 14.8. The Bertz CT molecular complexity index is 800. The van der Waals surface area contributed by atoms with E-state index < -0.39 is 0 Å². The maximum atomic E-state index is 13.2. The number of aliphatic hydroxyl groups excluding tert-OH is 1.